The van der Waals surface area contributed by atoms with Crippen molar-refractivity contribution in [1.29, 1.82) is 0 Å². The molecule has 21 heavy (non-hydrogen) atoms. The lowest BCUT2D eigenvalue weighted by Gasteiger charge is -2.20. The van der Waals surface area contributed by atoms with E-state index >= 15 is 0 Å². The smallest absolute Gasteiger partial charge is 0.194 e. The Morgan fingerprint density at radius 1 is 0.810 bits per heavy atom. The van der Waals surface area contributed by atoms with Crippen molar-refractivity contribution < 1.29 is 4.79 Å². The van der Waals surface area contributed by atoms with Crippen LogP contribution in [0.4, 0.5) is 5.69 Å². The average Bonchev–Trinajstić information content (AvgIpc) is 2.54. The molecule has 0 radical (unpaired) electrons. The van der Waals surface area contributed by atoms with Gasteiger partial charge >= 0.3 is 0 Å². The summed E-state index contributed by atoms with van der Waals surface area (Å²) < 4.78 is 0. The minimum Gasteiger partial charge on any atom is -0.390 e. The summed E-state index contributed by atoms with van der Waals surface area (Å²) in [5, 5.41) is 1.92. The first-order chi connectivity index (χ1) is 10.3. The fourth-order valence-corrected chi connectivity index (χ4v) is 3.06. The Morgan fingerprint density at radius 2 is 1.57 bits per heavy atom. The first-order valence-corrected chi connectivity index (χ1v) is 6.75. The molecule has 0 spiro atoms. The quantitative estimate of drug-likeness (QED) is 0.424. The van der Waals surface area contributed by atoms with E-state index in [0.717, 1.165) is 38.7 Å². The van der Waals surface area contributed by atoms with Crippen LogP contribution in [0.2, 0.25) is 0 Å². The van der Waals surface area contributed by atoms with Crippen LogP contribution in [0.3, 0.4) is 0 Å². The van der Waals surface area contributed by atoms with Crippen LogP contribution in [-0.4, -0.2) is 12.1 Å². The highest BCUT2D eigenvalue weighted by Crippen LogP contribution is 2.42. The number of fused-ring (bicyclic) bond motifs is 2. The highest BCUT2D eigenvalue weighted by Gasteiger charge is 2.25. The summed E-state index contributed by atoms with van der Waals surface area (Å²) in [6.07, 6.45) is 1.28. The van der Waals surface area contributed by atoms with Gasteiger partial charge in [-0.25, -0.2) is 4.99 Å². The summed E-state index contributed by atoms with van der Waals surface area (Å²) in [7, 11) is 0. The number of rotatable bonds is 1. The lowest BCUT2D eigenvalue weighted by molar-refractivity contribution is 0.104. The summed E-state index contributed by atoms with van der Waals surface area (Å²) in [6.45, 7) is 0. The molecule has 4 rings (SSSR count). The number of carbonyl (C=O) groups excluding carboxylic acids is 1. The third kappa shape index (κ3) is 1.54. The lowest BCUT2D eigenvalue weighted by Crippen LogP contribution is -2.09. The Kier molecular flexibility index (Phi) is 2.42. The molecule has 1 aliphatic rings. The van der Waals surface area contributed by atoms with Gasteiger partial charge in [0.2, 0.25) is 0 Å². The third-order valence-corrected chi connectivity index (χ3v) is 3.94. The molecule has 0 aliphatic heterocycles. The number of nitrogens with zero attached hydrogens (tertiary/aromatic N) is 1. The van der Waals surface area contributed by atoms with E-state index in [9.17, 15) is 4.79 Å². The minimum atomic E-state index is 0.0672. The molecule has 0 heterocycles. The molecule has 3 heteroatoms. The summed E-state index contributed by atoms with van der Waals surface area (Å²) in [5.74, 6) is 0.0672. The third-order valence-electron chi connectivity index (χ3n) is 3.94. The Hall–Kier alpha value is -2.94. The van der Waals surface area contributed by atoms with Crippen molar-refractivity contribution in [2.45, 2.75) is 0 Å². The van der Waals surface area contributed by atoms with E-state index in [1.807, 2.05) is 54.6 Å². The molecule has 0 unspecified atom stereocenters. The Balaban J connectivity index is 2.21. The van der Waals surface area contributed by atoms with Gasteiger partial charge in [-0.3, -0.25) is 4.79 Å². The second-order valence-electron chi connectivity index (χ2n) is 5.01. The molecule has 2 N–H and O–H groups in total. The second kappa shape index (κ2) is 4.28. The zero-order chi connectivity index (χ0) is 14.4. The molecular formula is C18H12N2O. The number of benzene rings is 3. The standard InChI is InChI=1S/C18H12N2O/c19-10-20-16-9-8-12-11-4-1-2-5-13(11)18(21)15-7-3-6-14(16)17(12)15/h1-10H,(H2,19,20). The van der Waals surface area contributed by atoms with Crippen molar-refractivity contribution in [3.05, 3.63) is 65.7 Å². The molecule has 100 valence electrons. The number of hydrogen-bond donors (Lipinski definition) is 1. The monoisotopic (exact) mass is 272 g/mol. The van der Waals surface area contributed by atoms with Crippen molar-refractivity contribution >= 4 is 28.6 Å². The molecule has 0 bridgehead atoms. The van der Waals surface area contributed by atoms with Gasteiger partial charge in [-0.15, -0.1) is 0 Å². The van der Waals surface area contributed by atoms with Crippen molar-refractivity contribution in [2.24, 2.45) is 10.7 Å². The maximum Gasteiger partial charge on any atom is 0.194 e. The van der Waals surface area contributed by atoms with E-state index in [-0.39, 0.29) is 5.78 Å². The van der Waals surface area contributed by atoms with Gasteiger partial charge in [0.25, 0.3) is 0 Å². The Labute approximate surface area is 121 Å². The lowest BCUT2D eigenvalue weighted by atomic mass is 9.82. The molecule has 3 aromatic carbocycles. The van der Waals surface area contributed by atoms with Crippen LogP contribution in [0.1, 0.15) is 15.9 Å². The predicted octanol–water partition coefficient (Wildman–Crippen LogP) is 3.67. The van der Waals surface area contributed by atoms with E-state index in [4.69, 9.17) is 5.73 Å². The number of aliphatic imine (C=N–C) groups is 1. The van der Waals surface area contributed by atoms with Crippen LogP contribution in [0, 0.1) is 0 Å². The van der Waals surface area contributed by atoms with Gasteiger partial charge in [0.05, 0.1) is 12.0 Å². The molecule has 0 amide bonds. The van der Waals surface area contributed by atoms with Gasteiger partial charge in [-0.2, -0.15) is 0 Å². The van der Waals surface area contributed by atoms with Gasteiger partial charge in [-0.1, -0.05) is 48.5 Å². The largest absolute Gasteiger partial charge is 0.390 e. The minimum absolute atomic E-state index is 0.0672. The van der Waals surface area contributed by atoms with Crippen molar-refractivity contribution in [1.82, 2.24) is 0 Å². The zero-order valence-corrected chi connectivity index (χ0v) is 11.2. The van der Waals surface area contributed by atoms with Crippen LogP contribution in [0.25, 0.3) is 21.9 Å². The summed E-state index contributed by atoms with van der Waals surface area (Å²) in [5.41, 5.74) is 9.75. The van der Waals surface area contributed by atoms with E-state index < -0.39 is 0 Å². The summed E-state index contributed by atoms with van der Waals surface area (Å²) >= 11 is 0. The van der Waals surface area contributed by atoms with Gasteiger partial charge < -0.3 is 5.73 Å². The average molecular weight is 272 g/mol. The first-order valence-electron chi connectivity index (χ1n) is 6.75. The number of nitrogens with two attached hydrogens (primary N) is 1. The Morgan fingerprint density at radius 3 is 2.38 bits per heavy atom. The molecular weight excluding hydrogens is 260 g/mol. The van der Waals surface area contributed by atoms with Crippen molar-refractivity contribution in [2.75, 3.05) is 0 Å². The van der Waals surface area contributed by atoms with E-state index in [0.29, 0.717) is 0 Å². The summed E-state index contributed by atoms with van der Waals surface area (Å²) in [4.78, 5) is 16.9. The van der Waals surface area contributed by atoms with Crippen LogP contribution >= 0.6 is 0 Å². The van der Waals surface area contributed by atoms with E-state index in [1.54, 1.807) is 0 Å². The highest BCUT2D eigenvalue weighted by molar-refractivity contribution is 6.26. The van der Waals surface area contributed by atoms with Gasteiger partial charge in [0.1, 0.15) is 0 Å². The molecule has 0 saturated heterocycles. The molecule has 0 aromatic heterocycles. The molecule has 0 fully saturated rings. The fraction of sp³-hybridized carbons (Fsp3) is 0. The second-order valence-corrected chi connectivity index (χ2v) is 5.01. The highest BCUT2D eigenvalue weighted by atomic mass is 16.1. The van der Waals surface area contributed by atoms with Gasteiger partial charge in [0.15, 0.2) is 5.78 Å². The normalized spacial score (nSPS) is 12.9. The Bertz CT molecular complexity index is 926. The maximum absolute atomic E-state index is 12.7. The first kappa shape index (κ1) is 11.9. The fourth-order valence-electron chi connectivity index (χ4n) is 3.06. The molecule has 1 aliphatic carbocycles. The molecule has 3 nitrogen and oxygen atoms in total. The molecule has 0 atom stereocenters. The zero-order valence-electron chi connectivity index (χ0n) is 11.2. The number of carbonyl (C=O) groups is 1. The van der Waals surface area contributed by atoms with E-state index in [2.05, 4.69) is 4.99 Å². The maximum atomic E-state index is 12.7. The number of hydrogen-bond acceptors (Lipinski definition) is 2. The molecule has 3 aromatic rings. The van der Waals surface area contributed by atoms with Crippen LogP contribution < -0.4 is 5.73 Å². The van der Waals surface area contributed by atoms with E-state index in [1.165, 1.54) is 6.34 Å². The van der Waals surface area contributed by atoms with Crippen molar-refractivity contribution in [3.8, 4) is 11.1 Å². The molecule has 0 saturated carbocycles. The van der Waals surface area contributed by atoms with Crippen LogP contribution in [0.5, 0.6) is 0 Å². The SMILES string of the molecule is NC=Nc1ccc2c3c(cccc13)C(=O)c1ccccc1-2. The van der Waals surface area contributed by atoms with Crippen LogP contribution in [0.15, 0.2) is 59.6 Å². The summed E-state index contributed by atoms with van der Waals surface area (Å²) in [6, 6.07) is 17.4. The van der Waals surface area contributed by atoms with Crippen molar-refractivity contribution in [3.63, 3.8) is 0 Å². The van der Waals surface area contributed by atoms with Gasteiger partial charge in [0, 0.05) is 21.9 Å². The van der Waals surface area contributed by atoms with Gasteiger partial charge in [-0.05, 0) is 17.2 Å². The predicted molar refractivity (Wildman–Crippen MR) is 85.2 cm³/mol. The topological polar surface area (TPSA) is 55.4 Å². The number of ketones is 1. The van der Waals surface area contributed by atoms with Crippen LogP contribution in [-0.2, 0) is 0 Å².